The van der Waals surface area contributed by atoms with Crippen molar-refractivity contribution >= 4 is 45.1 Å². The third-order valence-electron chi connectivity index (χ3n) is 5.23. The Labute approximate surface area is 172 Å². The Morgan fingerprint density at radius 1 is 1.14 bits per heavy atom. The molecule has 0 bridgehead atoms. The Morgan fingerprint density at radius 2 is 1.96 bits per heavy atom. The van der Waals surface area contributed by atoms with Gasteiger partial charge in [-0.05, 0) is 37.4 Å². The molecule has 3 heterocycles. The highest BCUT2D eigenvalue weighted by Crippen LogP contribution is 2.37. The molecule has 144 valence electrons. The molecule has 2 aliphatic rings. The molecule has 0 saturated carbocycles. The fraction of sp³-hybridized carbons (Fsp3) is 0.286. The van der Waals surface area contributed by atoms with Crippen molar-refractivity contribution in [2.24, 2.45) is 4.99 Å². The normalized spacial score (nSPS) is 16.7. The predicted octanol–water partition coefficient (Wildman–Crippen LogP) is 5.24. The number of thioether (sulfide) groups is 1. The highest BCUT2D eigenvalue weighted by Gasteiger charge is 2.31. The van der Waals surface area contributed by atoms with Crippen molar-refractivity contribution in [3.05, 3.63) is 53.2 Å². The van der Waals surface area contributed by atoms with Crippen LogP contribution in [0.5, 0.6) is 11.5 Å². The molecule has 7 heteroatoms. The number of halogens is 1. The maximum absolute atomic E-state index is 6.47. The fourth-order valence-electron chi connectivity index (χ4n) is 3.73. The molecule has 1 saturated heterocycles. The van der Waals surface area contributed by atoms with E-state index in [1.807, 2.05) is 18.2 Å². The van der Waals surface area contributed by atoms with Gasteiger partial charge in [0.1, 0.15) is 0 Å². The maximum atomic E-state index is 6.47. The molecule has 28 heavy (non-hydrogen) atoms. The SMILES string of the molecule is CSC(=Nc1ccc2c(c1)OCO2)N1CC(n2cc(Cl)c3cc(C)ccc32)C1. The van der Waals surface area contributed by atoms with Crippen LogP contribution in [-0.2, 0) is 0 Å². The van der Waals surface area contributed by atoms with Crippen LogP contribution in [0.2, 0.25) is 5.02 Å². The summed E-state index contributed by atoms with van der Waals surface area (Å²) in [5, 5.41) is 2.95. The predicted molar refractivity (Wildman–Crippen MR) is 115 cm³/mol. The summed E-state index contributed by atoms with van der Waals surface area (Å²) in [5.41, 5.74) is 3.29. The second-order valence-corrected chi connectivity index (χ2v) is 8.28. The molecule has 5 rings (SSSR count). The monoisotopic (exact) mass is 413 g/mol. The number of hydrogen-bond acceptors (Lipinski definition) is 4. The van der Waals surface area contributed by atoms with Crippen LogP contribution in [0.25, 0.3) is 10.9 Å². The van der Waals surface area contributed by atoms with Gasteiger partial charge in [0.2, 0.25) is 6.79 Å². The molecule has 0 aliphatic carbocycles. The van der Waals surface area contributed by atoms with Crippen LogP contribution in [0, 0.1) is 6.92 Å². The molecule has 2 aliphatic heterocycles. The molecule has 2 aromatic carbocycles. The Kier molecular flexibility index (Phi) is 4.40. The van der Waals surface area contributed by atoms with Crippen LogP contribution in [0.3, 0.4) is 0 Å². The van der Waals surface area contributed by atoms with Gasteiger partial charge in [-0.1, -0.05) is 35.0 Å². The van der Waals surface area contributed by atoms with Crippen molar-refractivity contribution in [1.29, 1.82) is 0 Å². The summed E-state index contributed by atoms with van der Waals surface area (Å²) >= 11 is 8.13. The van der Waals surface area contributed by atoms with Crippen LogP contribution in [0.15, 0.2) is 47.6 Å². The van der Waals surface area contributed by atoms with Gasteiger partial charge < -0.3 is 18.9 Å². The number of benzene rings is 2. The topological polar surface area (TPSA) is 39.0 Å². The van der Waals surface area contributed by atoms with Crippen molar-refractivity contribution in [1.82, 2.24) is 9.47 Å². The summed E-state index contributed by atoms with van der Waals surface area (Å²) in [4.78, 5) is 7.12. The summed E-state index contributed by atoms with van der Waals surface area (Å²) < 4.78 is 13.1. The van der Waals surface area contributed by atoms with E-state index in [1.54, 1.807) is 11.8 Å². The molecule has 0 amide bonds. The Morgan fingerprint density at radius 3 is 2.79 bits per heavy atom. The number of ether oxygens (including phenoxy) is 2. The van der Waals surface area contributed by atoms with E-state index in [1.165, 1.54) is 11.1 Å². The van der Waals surface area contributed by atoms with Crippen molar-refractivity contribution in [2.45, 2.75) is 13.0 Å². The first kappa shape index (κ1) is 17.8. The number of amidine groups is 1. The maximum Gasteiger partial charge on any atom is 0.231 e. The van der Waals surface area contributed by atoms with E-state index in [2.05, 4.69) is 47.0 Å². The smallest absolute Gasteiger partial charge is 0.231 e. The van der Waals surface area contributed by atoms with Gasteiger partial charge in [0.25, 0.3) is 0 Å². The molecule has 0 atom stereocenters. The second-order valence-electron chi connectivity index (χ2n) is 7.10. The lowest BCUT2D eigenvalue weighted by molar-refractivity contribution is 0.174. The average molecular weight is 414 g/mol. The highest BCUT2D eigenvalue weighted by molar-refractivity contribution is 8.13. The van der Waals surface area contributed by atoms with Gasteiger partial charge in [-0.25, -0.2) is 4.99 Å². The van der Waals surface area contributed by atoms with Gasteiger partial charge in [0.05, 0.1) is 16.8 Å². The molecule has 0 spiro atoms. The van der Waals surface area contributed by atoms with Gasteiger partial charge >= 0.3 is 0 Å². The summed E-state index contributed by atoms with van der Waals surface area (Å²) in [5.74, 6) is 1.53. The quantitative estimate of drug-likeness (QED) is 0.425. The van der Waals surface area contributed by atoms with Crippen LogP contribution in [-0.4, -0.2) is 40.8 Å². The Hall–Kier alpha value is -2.31. The first-order valence-electron chi connectivity index (χ1n) is 9.16. The highest BCUT2D eigenvalue weighted by atomic mass is 35.5. The van der Waals surface area contributed by atoms with E-state index in [0.29, 0.717) is 6.04 Å². The second kappa shape index (κ2) is 6.94. The van der Waals surface area contributed by atoms with Crippen LogP contribution < -0.4 is 9.47 Å². The number of fused-ring (bicyclic) bond motifs is 2. The standard InChI is InChI=1S/C21H20ClN3O2S/c1-13-3-5-18-16(7-13)17(22)11-25(18)15-9-24(10-15)21(28-2)23-14-4-6-19-20(8-14)27-12-26-19/h3-8,11,15H,9-10,12H2,1-2H3. The molecule has 0 unspecified atom stereocenters. The number of likely N-dealkylation sites (tertiary alicyclic amines) is 1. The molecule has 5 nitrogen and oxygen atoms in total. The molecular formula is C21H20ClN3O2S. The minimum atomic E-state index is 0.276. The molecule has 3 aromatic rings. The van der Waals surface area contributed by atoms with E-state index in [9.17, 15) is 0 Å². The van der Waals surface area contributed by atoms with E-state index < -0.39 is 0 Å². The third kappa shape index (κ3) is 3.01. The van der Waals surface area contributed by atoms with Crippen molar-refractivity contribution in [3.8, 4) is 11.5 Å². The summed E-state index contributed by atoms with van der Waals surface area (Å²) in [7, 11) is 0. The van der Waals surface area contributed by atoms with E-state index in [4.69, 9.17) is 26.1 Å². The number of hydrogen-bond donors (Lipinski definition) is 0. The molecule has 1 aromatic heterocycles. The number of aromatic nitrogens is 1. The minimum Gasteiger partial charge on any atom is -0.454 e. The first-order valence-corrected chi connectivity index (χ1v) is 10.8. The van der Waals surface area contributed by atoms with Crippen molar-refractivity contribution < 1.29 is 9.47 Å². The summed E-state index contributed by atoms with van der Waals surface area (Å²) in [6.07, 6.45) is 4.12. The van der Waals surface area contributed by atoms with E-state index in [0.717, 1.165) is 45.9 Å². The Balaban J connectivity index is 1.35. The van der Waals surface area contributed by atoms with Gasteiger partial charge in [-0.15, -0.1) is 0 Å². The van der Waals surface area contributed by atoms with Gasteiger partial charge in [0, 0.05) is 36.3 Å². The van der Waals surface area contributed by atoms with Gasteiger partial charge in [-0.2, -0.15) is 0 Å². The molecule has 1 fully saturated rings. The number of aryl methyl sites for hydroxylation is 1. The number of nitrogens with zero attached hydrogens (tertiary/aromatic N) is 3. The Bertz CT molecular complexity index is 1090. The number of rotatable bonds is 2. The van der Waals surface area contributed by atoms with E-state index in [-0.39, 0.29) is 6.79 Å². The molecular weight excluding hydrogens is 394 g/mol. The van der Waals surface area contributed by atoms with Crippen LogP contribution in [0.4, 0.5) is 5.69 Å². The van der Waals surface area contributed by atoms with Crippen LogP contribution >= 0.6 is 23.4 Å². The zero-order valence-electron chi connectivity index (χ0n) is 15.7. The average Bonchev–Trinajstić information content (AvgIpc) is 3.24. The van der Waals surface area contributed by atoms with Crippen molar-refractivity contribution in [3.63, 3.8) is 0 Å². The lowest BCUT2D eigenvalue weighted by Gasteiger charge is -2.41. The lowest BCUT2D eigenvalue weighted by Crippen LogP contribution is -2.49. The van der Waals surface area contributed by atoms with Crippen molar-refractivity contribution in [2.75, 3.05) is 26.1 Å². The summed E-state index contributed by atoms with van der Waals surface area (Å²) in [6, 6.07) is 12.6. The minimum absolute atomic E-state index is 0.276. The number of aliphatic imine (C=N–C) groups is 1. The first-order chi connectivity index (χ1) is 13.6. The van der Waals surface area contributed by atoms with Gasteiger partial charge in [0.15, 0.2) is 16.7 Å². The zero-order valence-corrected chi connectivity index (χ0v) is 17.3. The third-order valence-corrected chi connectivity index (χ3v) is 6.25. The van der Waals surface area contributed by atoms with Crippen LogP contribution in [0.1, 0.15) is 11.6 Å². The lowest BCUT2D eigenvalue weighted by atomic mass is 10.1. The molecule has 0 N–H and O–H groups in total. The fourth-order valence-corrected chi connectivity index (χ4v) is 4.59. The summed E-state index contributed by atoms with van der Waals surface area (Å²) in [6.45, 7) is 4.20. The van der Waals surface area contributed by atoms with E-state index >= 15 is 0 Å². The molecule has 0 radical (unpaired) electrons. The van der Waals surface area contributed by atoms with Gasteiger partial charge in [-0.3, -0.25) is 0 Å². The zero-order chi connectivity index (χ0) is 19.3. The largest absolute Gasteiger partial charge is 0.454 e.